The Morgan fingerprint density at radius 2 is 2.10 bits per heavy atom. The van der Waals surface area contributed by atoms with E-state index in [4.69, 9.17) is 10.5 Å². The van der Waals surface area contributed by atoms with Crippen molar-refractivity contribution in [2.75, 3.05) is 25.1 Å². The first-order valence-electron chi connectivity index (χ1n) is 7.24. The van der Waals surface area contributed by atoms with Crippen molar-refractivity contribution in [3.05, 3.63) is 53.7 Å². The average molecular weight is 285 g/mol. The quantitative estimate of drug-likeness (QED) is 0.850. The van der Waals surface area contributed by atoms with Gasteiger partial charge in [0, 0.05) is 30.5 Å². The van der Waals surface area contributed by atoms with Gasteiger partial charge in [-0.1, -0.05) is 18.2 Å². The zero-order valence-electron chi connectivity index (χ0n) is 12.7. The maximum atomic E-state index is 5.67. The molecule has 0 amide bonds. The third-order valence-corrected chi connectivity index (χ3v) is 3.40. The molecule has 21 heavy (non-hydrogen) atoms. The highest BCUT2D eigenvalue weighted by molar-refractivity contribution is 5.49. The van der Waals surface area contributed by atoms with Crippen molar-refractivity contribution >= 4 is 5.69 Å². The number of anilines is 1. The molecule has 0 radical (unpaired) electrons. The van der Waals surface area contributed by atoms with Crippen molar-refractivity contribution in [1.82, 2.24) is 4.98 Å². The van der Waals surface area contributed by atoms with Gasteiger partial charge in [-0.05, 0) is 43.7 Å². The number of pyridine rings is 1. The number of benzene rings is 1. The van der Waals surface area contributed by atoms with E-state index in [2.05, 4.69) is 47.1 Å². The molecule has 1 heterocycles. The molecule has 2 N–H and O–H groups in total. The summed E-state index contributed by atoms with van der Waals surface area (Å²) in [4.78, 5) is 6.59. The number of nitrogens with two attached hydrogens (primary N) is 1. The van der Waals surface area contributed by atoms with Gasteiger partial charge in [-0.2, -0.15) is 0 Å². The predicted octanol–water partition coefficient (Wildman–Crippen LogP) is 2.75. The fourth-order valence-electron chi connectivity index (χ4n) is 2.34. The molecule has 0 aliphatic rings. The highest BCUT2D eigenvalue weighted by Gasteiger charge is 2.11. The molecule has 112 valence electrons. The van der Waals surface area contributed by atoms with Crippen LogP contribution in [0.1, 0.15) is 17.5 Å². The monoisotopic (exact) mass is 285 g/mol. The summed E-state index contributed by atoms with van der Waals surface area (Å²) < 4.78 is 5.35. The second-order valence-corrected chi connectivity index (χ2v) is 5.07. The zero-order chi connectivity index (χ0) is 15.1. The van der Waals surface area contributed by atoms with Crippen LogP contribution in [0.2, 0.25) is 0 Å². The van der Waals surface area contributed by atoms with E-state index in [1.54, 1.807) is 13.3 Å². The van der Waals surface area contributed by atoms with Gasteiger partial charge in [-0.3, -0.25) is 0 Å². The number of hydrogen-bond donors (Lipinski definition) is 1. The molecule has 4 heteroatoms. The number of nitrogens with zero attached hydrogens (tertiary/aromatic N) is 2. The van der Waals surface area contributed by atoms with Gasteiger partial charge in [0.05, 0.1) is 7.11 Å². The molecule has 0 fully saturated rings. The van der Waals surface area contributed by atoms with E-state index >= 15 is 0 Å². The largest absolute Gasteiger partial charge is 0.481 e. The molecule has 0 unspecified atom stereocenters. The minimum absolute atomic E-state index is 0.683. The normalized spacial score (nSPS) is 10.4. The van der Waals surface area contributed by atoms with Gasteiger partial charge in [-0.25, -0.2) is 4.98 Å². The minimum Gasteiger partial charge on any atom is -0.481 e. The SMILES string of the molecule is COc1ncccc1CN(CCCN)c1cccc(C)c1. The second-order valence-electron chi connectivity index (χ2n) is 5.07. The summed E-state index contributed by atoms with van der Waals surface area (Å²) >= 11 is 0. The fourth-order valence-corrected chi connectivity index (χ4v) is 2.34. The Balaban J connectivity index is 2.24. The summed E-state index contributed by atoms with van der Waals surface area (Å²) in [5.41, 5.74) is 9.21. The summed E-state index contributed by atoms with van der Waals surface area (Å²) in [7, 11) is 1.66. The Kier molecular flexibility index (Phi) is 5.58. The first-order chi connectivity index (χ1) is 10.2. The van der Waals surface area contributed by atoms with Crippen molar-refractivity contribution in [3.8, 4) is 5.88 Å². The Labute approximate surface area is 126 Å². The van der Waals surface area contributed by atoms with Crippen LogP contribution in [0.5, 0.6) is 5.88 Å². The van der Waals surface area contributed by atoms with E-state index in [1.165, 1.54) is 11.3 Å². The van der Waals surface area contributed by atoms with Gasteiger partial charge in [-0.15, -0.1) is 0 Å². The molecule has 0 aliphatic carbocycles. The minimum atomic E-state index is 0.683. The maximum Gasteiger partial charge on any atom is 0.218 e. The number of aryl methyl sites for hydroxylation is 1. The Morgan fingerprint density at radius 3 is 2.81 bits per heavy atom. The highest BCUT2D eigenvalue weighted by atomic mass is 16.5. The summed E-state index contributed by atoms with van der Waals surface area (Å²) in [6, 6.07) is 12.5. The van der Waals surface area contributed by atoms with Crippen LogP contribution in [0, 0.1) is 6.92 Å². The Hall–Kier alpha value is -2.07. The molecule has 0 atom stereocenters. The van der Waals surface area contributed by atoms with E-state index < -0.39 is 0 Å². The van der Waals surface area contributed by atoms with Gasteiger partial charge < -0.3 is 15.4 Å². The lowest BCUT2D eigenvalue weighted by Gasteiger charge is -2.25. The van der Waals surface area contributed by atoms with Crippen molar-refractivity contribution in [1.29, 1.82) is 0 Å². The van der Waals surface area contributed by atoms with Crippen LogP contribution in [0.4, 0.5) is 5.69 Å². The first-order valence-corrected chi connectivity index (χ1v) is 7.24. The van der Waals surface area contributed by atoms with Crippen LogP contribution >= 0.6 is 0 Å². The molecular weight excluding hydrogens is 262 g/mol. The molecule has 1 aromatic heterocycles. The number of hydrogen-bond acceptors (Lipinski definition) is 4. The number of aromatic nitrogens is 1. The van der Waals surface area contributed by atoms with E-state index in [0.29, 0.717) is 12.4 Å². The Morgan fingerprint density at radius 1 is 1.24 bits per heavy atom. The van der Waals surface area contributed by atoms with Gasteiger partial charge in [0.2, 0.25) is 5.88 Å². The molecule has 2 rings (SSSR count). The fraction of sp³-hybridized carbons (Fsp3) is 0.353. The van der Waals surface area contributed by atoms with Crippen LogP contribution in [0.25, 0.3) is 0 Å². The van der Waals surface area contributed by atoms with Gasteiger partial charge >= 0.3 is 0 Å². The number of methoxy groups -OCH3 is 1. The first kappa shape index (κ1) is 15.3. The molecule has 0 saturated heterocycles. The van der Waals surface area contributed by atoms with Crippen LogP contribution in [0.3, 0.4) is 0 Å². The lowest BCUT2D eigenvalue weighted by Crippen LogP contribution is -2.26. The standard InChI is InChI=1S/C17H23N3O/c1-14-6-3-8-16(12-14)20(11-5-9-18)13-15-7-4-10-19-17(15)21-2/h3-4,6-8,10,12H,5,9,11,13,18H2,1-2H3. The van der Waals surface area contributed by atoms with Gasteiger partial charge in [0.15, 0.2) is 0 Å². The van der Waals surface area contributed by atoms with E-state index in [9.17, 15) is 0 Å². The van der Waals surface area contributed by atoms with Crippen LogP contribution in [-0.2, 0) is 6.54 Å². The molecule has 4 nitrogen and oxygen atoms in total. The summed E-state index contributed by atoms with van der Waals surface area (Å²) in [6.45, 7) is 4.47. The van der Waals surface area contributed by atoms with Crippen molar-refractivity contribution in [3.63, 3.8) is 0 Å². The summed E-state index contributed by atoms with van der Waals surface area (Å²) in [5.74, 6) is 0.683. The van der Waals surface area contributed by atoms with E-state index in [-0.39, 0.29) is 0 Å². The Bertz CT molecular complexity index is 571. The number of ether oxygens (including phenoxy) is 1. The average Bonchev–Trinajstić information content (AvgIpc) is 2.51. The van der Waals surface area contributed by atoms with Crippen LogP contribution < -0.4 is 15.4 Å². The third-order valence-electron chi connectivity index (χ3n) is 3.40. The van der Waals surface area contributed by atoms with Crippen LogP contribution in [0.15, 0.2) is 42.6 Å². The summed E-state index contributed by atoms with van der Waals surface area (Å²) in [5, 5.41) is 0. The molecule has 1 aromatic carbocycles. The maximum absolute atomic E-state index is 5.67. The highest BCUT2D eigenvalue weighted by Crippen LogP contribution is 2.22. The number of rotatable bonds is 7. The molecule has 0 saturated carbocycles. The van der Waals surface area contributed by atoms with Crippen molar-refractivity contribution < 1.29 is 4.74 Å². The predicted molar refractivity (Wildman–Crippen MR) is 86.7 cm³/mol. The van der Waals surface area contributed by atoms with Gasteiger partial charge in [0.25, 0.3) is 0 Å². The zero-order valence-corrected chi connectivity index (χ0v) is 12.7. The second kappa shape index (κ2) is 7.64. The van der Waals surface area contributed by atoms with E-state index in [0.717, 1.165) is 25.1 Å². The summed E-state index contributed by atoms with van der Waals surface area (Å²) in [6.07, 6.45) is 2.70. The smallest absolute Gasteiger partial charge is 0.218 e. The van der Waals surface area contributed by atoms with Crippen LogP contribution in [-0.4, -0.2) is 25.2 Å². The lowest BCUT2D eigenvalue weighted by atomic mass is 10.1. The molecule has 0 spiro atoms. The molecule has 0 bridgehead atoms. The topological polar surface area (TPSA) is 51.4 Å². The van der Waals surface area contributed by atoms with Crippen molar-refractivity contribution in [2.24, 2.45) is 5.73 Å². The molecule has 2 aromatic rings. The molecule has 0 aliphatic heterocycles. The van der Waals surface area contributed by atoms with Gasteiger partial charge in [0.1, 0.15) is 0 Å². The molecular formula is C17H23N3O. The lowest BCUT2D eigenvalue weighted by molar-refractivity contribution is 0.392. The third kappa shape index (κ3) is 4.20. The van der Waals surface area contributed by atoms with E-state index in [1.807, 2.05) is 6.07 Å². The van der Waals surface area contributed by atoms with Crippen molar-refractivity contribution in [2.45, 2.75) is 19.9 Å².